The van der Waals surface area contributed by atoms with Crippen molar-refractivity contribution in [2.75, 3.05) is 6.54 Å². The zero-order chi connectivity index (χ0) is 11.7. The van der Waals surface area contributed by atoms with E-state index in [1.807, 2.05) is 16.3 Å². The largest absolute Gasteiger partial charge is 0.335 e. The Labute approximate surface area is 106 Å². The molecule has 1 saturated heterocycles. The molecule has 2 heterocycles. The Morgan fingerprint density at radius 1 is 1.56 bits per heavy atom. The van der Waals surface area contributed by atoms with E-state index in [1.165, 1.54) is 11.3 Å². The summed E-state index contributed by atoms with van der Waals surface area (Å²) in [5, 5.41) is 1.91. The molecule has 88 valence electrons. The minimum Gasteiger partial charge on any atom is -0.335 e. The highest BCUT2D eigenvalue weighted by Gasteiger charge is 2.27. The number of thiophene rings is 1. The van der Waals surface area contributed by atoms with Crippen LogP contribution in [0.1, 0.15) is 36.4 Å². The highest BCUT2D eigenvalue weighted by molar-refractivity contribution is 7.80. The molecular formula is C12H17NOS2. The van der Waals surface area contributed by atoms with E-state index in [2.05, 4.69) is 26.5 Å². The molecule has 2 nitrogen and oxygen atoms in total. The summed E-state index contributed by atoms with van der Waals surface area (Å²) in [7, 11) is 0. The van der Waals surface area contributed by atoms with Gasteiger partial charge in [-0.1, -0.05) is 6.92 Å². The van der Waals surface area contributed by atoms with E-state index in [-0.39, 0.29) is 5.91 Å². The van der Waals surface area contributed by atoms with E-state index in [0.717, 1.165) is 35.1 Å². The lowest BCUT2D eigenvalue weighted by Crippen LogP contribution is -2.43. The third-order valence-electron chi connectivity index (χ3n) is 3.20. The number of hydrogen-bond donors (Lipinski definition) is 1. The highest BCUT2D eigenvalue weighted by Crippen LogP contribution is 2.26. The van der Waals surface area contributed by atoms with Crippen molar-refractivity contribution in [2.24, 2.45) is 5.92 Å². The summed E-state index contributed by atoms with van der Waals surface area (Å²) in [5.74, 6) is 0.910. The molecule has 0 aliphatic carbocycles. The Morgan fingerprint density at radius 3 is 2.88 bits per heavy atom. The zero-order valence-corrected chi connectivity index (χ0v) is 11.4. The molecule has 1 aliphatic rings. The van der Waals surface area contributed by atoms with Gasteiger partial charge in [0.15, 0.2) is 0 Å². The molecule has 1 amide bonds. The van der Waals surface area contributed by atoms with Crippen LogP contribution in [0.3, 0.4) is 0 Å². The number of piperidine rings is 1. The summed E-state index contributed by atoms with van der Waals surface area (Å²) < 4.78 is 0. The molecule has 0 radical (unpaired) electrons. The zero-order valence-electron chi connectivity index (χ0n) is 9.64. The summed E-state index contributed by atoms with van der Waals surface area (Å²) >= 11 is 5.73. The maximum absolute atomic E-state index is 12.2. The van der Waals surface area contributed by atoms with Gasteiger partial charge in [0.1, 0.15) is 0 Å². The van der Waals surface area contributed by atoms with Crippen LogP contribution < -0.4 is 0 Å². The van der Waals surface area contributed by atoms with Crippen LogP contribution in [0.2, 0.25) is 0 Å². The van der Waals surface area contributed by atoms with Gasteiger partial charge in [0.25, 0.3) is 5.91 Å². The molecule has 1 fully saturated rings. The Bertz CT molecular complexity index is 388. The van der Waals surface area contributed by atoms with Crippen LogP contribution in [0.15, 0.2) is 16.3 Å². The van der Waals surface area contributed by atoms with E-state index in [9.17, 15) is 4.79 Å². The Morgan fingerprint density at radius 2 is 2.31 bits per heavy atom. The fraction of sp³-hybridized carbons (Fsp3) is 0.583. The molecule has 16 heavy (non-hydrogen) atoms. The molecule has 0 bridgehead atoms. The summed E-state index contributed by atoms with van der Waals surface area (Å²) in [6, 6.07) is 2.22. The second kappa shape index (κ2) is 4.80. The average Bonchev–Trinajstić information content (AvgIpc) is 2.64. The van der Waals surface area contributed by atoms with Crippen LogP contribution in [0.25, 0.3) is 0 Å². The molecule has 2 atom stereocenters. The lowest BCUT2D eigenvalue weighted by atomic mass is 9.93. The predicted molar refractivity (Wildman–Crippen MR) is 70.5 cm³/mol. The van der Waals surface area contributed by atoms with E-state index in [0.29, 0.717) is 6.04 Å². The smallest absolute Gasteiger partial charge is 0.264 e. The summed E-state index contributed by atoms with van der Waals surface area (Å²) in [5.41, 5.74) is 0. The van der Waals surface area contributed by atoms with Gasteiger partial charge in [-0.3, -0.25) is 4.79 Å². The van der Waals surface area contributed by atoms with Crippen LogP contribution in [-0.4, -0.2) is 23.4 Å². The van der Waals surface area contributed by atoms with Crippen LogP contribution >= 0.6 is 24.0 Å². The maximum atomic E-state index is 12.2. The van der Waals surface area contributed by atoms with Gasteiger partial charge in [0.05, 0.1) is 4.88 Å². The first-order chi connectivity index (χ1) is 7.58. The van der Waals surface area contributed by atoms with Gasteiger partial charge in [-0.2, -0.15) is 0 Å². The molecule has 4 heteroatoms. The molecule has 1 aliphatic heterocycles. The fourth-order valence-electron chi connectivity index (χ4n) is 2.29. The lowest BCUT2D eigenvalue weighted by molar-refractivity contribution is 0.0593. The van der Waals surface area contributed by atoms with E-state index >= 15 is 0 Å². The topological polar surface area (TPSA) is 20.3 Å². The number of nitrogens with zero attached hydrogens (tertiary/aromatic N) is 1. The number of likely N-dealkylation sites (tertiary alicyclic amines) is 1. The normalized spacial score (nSPS) is 25.8. The first-order valence-corrected chi connectivity index (χ1v) is 6.99. The van der Waals surface area contributed by atoms with E-state index in [4.69, 9.17) is 0 Å². The number of thiol groups is 1. The average molecular weight is 255 g/mol. The Balaban J connectivity index is 2.10. The minimum absolute atomic E-state index is 0.171. The van der Waals surface area contributed by atoms with Gasteiger partial charge in [-0.05, 0) is 31.7 Å². The van der Waals surface area contributed by atoms with Crippen LogP contribution in [0, 0.1) is 5.92 Å². The van der Waals surface area contributed by atoms with Gasteiger partial charge in [-0.25, -0.2) is 0 Å². The second-order valence-electron chi connectivity index (χ2n) is 4.65. The third kappa shape index (κ3) is 2.43. The van der Waals surface area contributed by atoms with Crippen molar-refractivity contribution in [1.29, 1.82) is 0 Å². The summed E-state index contributed by atoms with van der Waals surface area (Å²) in [6.07, 6.45) is 2.24. The molecule has 0 N–H and O–H groups in total. The molecule has 2 unspecified atom stereocenters. The molecule has 0 aromatic carbocycles. The number of rotatable bonds is 1. The van der Waals surface area contributed by atoms with Crippen LogP contribution in [0.4, 0.5) is 0 Å². The number of carbonyl (C=O) groups excluding carboxylic acids is 1. The molecule has 1 aromatic rings. The van der Waals surface area contributed by atoms with E-state index in [1.54, 1.807) is 0 Å². The Hall–Kier alpha value is -0.480. The maximum Gasteiger partial charge on any atom is 0.264 e. The first kappa shape index (κ1) is 12.0. The molecule has 1 aromatic heterocycles. The molecule has 0 saturated carbocycles. The van der Waals surface area contributed by atoms with Gasteiger partial charge in [-0.15, -0.1) is 24.0 Å². The van der Waals surface area contributed by atoms with Gasteiger partial charge in [0, 0.05) is 22.9 Å². The summed E-state index contributed by atoms with van der Waals surface area (Å²) in [6.45, 7) is 5.29. The first-order valence-electron chi connectivity index (χ1n) is 5.66. The fourth-order valence-corrected chi connectivity index (χ4v) is 3.39. The van der Waals surface area contributed by atoms with Crippen molar-refractivity contribution in [3.05, 3.63) is 16.3 Å². The number of amides is 1. The van der Waals surface area contributed by atoms with Crippen LogP contribution in [-0.2, 0) is 0 Å². The van der Waals surface area contributed by atoms with Crippen molar-refractivity contribution in [3.63, 3.8) is 0 Å². The quantitative estimate of drug-likeness (QED) is 0.763. The van der Waals surface area contributed by atoms with Crippen molar-refractivity contribution >= 4 is 29.9 Å². The standard InChI is InChI=1S/C12H17NOS2/c1-8-3-4-13(9(2)5-8)12(14)11-6-10(15)7-16-11/h6-9,15H,3-5H2,1-2H3. The van der Waals surface area contributed by atoms with Crippen molar-refractivity contribution in [1.82, 2.24) is 4.90 Å². The predicted octanol–water partition coefficient (Wildman–Crippen LogP) is 3.30. The second-order valence-corrected chi connectivity index (χ2v) is 6.07. The highest BCUT2D eigenvalue weighted by atomic mass is 32.1. The van der Waals surface area contributed by atoms with Crippen molar-refractivity contribution in [3.8, 4) is 0 Å². The van der Waals surface area contributed by atoms with Gasteiger partial charge in [0.2, 0.25) is 0 Å². The molecule has 0 spiro atoms. The monoisotopic (exact) mass is 255 g/mol. The number of carbonyl (C=O) groups is 1. The Kier molecular flexibility index (Phi) is 3.60. The molecular weight excluding hydrogens is 238 g/mol. The summed E-state index contributed by atoms with van der Waals surface area (Å²) in [4.78, 5) is 15.9. The van der Waals surface area contributed by atoms with Crippen LogP contribution in [0.5, 0.6) is 0 Å². The SMILES string of the molecule is CC1CCN(C(=O)c2cc(S)cs2)C(C)C1. The lowest BCUT2D eigenvalue weighted by Gasteiger charge is -2.36. The minimum atomic E-state index is 0.171. The van der Waals surface area contributed by atoms with Crippen molar-refractivity contribution in [2.45, 2.75) is 37.6 Å². The number of hydrogen-bond acceptors (Lipinski definition) is 3. The van der Waals surface area contributed by atoms with E-state index < -0.39 is 0 Å². The van der Waals surface area contributed by atoms with Crippen molar-refractivity contribution < 1.29 is 4.79 Å². The van der Waals surface area contributed by atoms with Gasteiger partial charge < -0.3 is 4.90 Å². The molecule has 2 rings (SSSR count). The third-order valence-corrected chi connectivity index (χ3v) is 4.55. The van der Waals surface area contributed by atoms with Gasteiger partial charge >= 0.3 is 0 Å².